The maximum absolute atomic E-state index is 12.6. The van der Waals surface area contributed by atoms with Gasteiger partial charge in [-0.3, -0.25) is 4.79 Å². The highest BCUT2D eigenvalue weighted by molar-refractivity contribution is 7.91. The minimum Gasteiger partial charge on any atom is -0.382 e. The first kappa shape index (κ1) is 17.2. The topological polar surface area (TPSA) is 109 Å². The highest BCUT2D eigenvalue weighted by Gasteiger charge is 2.25. The molecule has 25 heavy (non-hydrogen) atoms. The molecule has 0 spiro atoms. The monoisotopic (exact) mass is 361 g/mol. The van der Waals surface area contributed by atoms with Crippen LogP contribution in [0.1, 0.15) is 6.92 Å². The largest absolute Gasteiger partial charge is 0.382 e. The first-order valence-corrected chi connectivity index (χ1v) is 9.31. The molecule has 8 nitrogen and oxygen atoms in total. The molecule has 9 heteroatoms. The third-order valence-corrected chi connectivity index (χ3v) is 5.91. The number of rotatable bonds is 3. The fourth-order valence-corrected chi connectivity index (χ4v) is 3.96. The van der Waals surface area contributed by atoms with Crippen molar-refractivity contribution in [1.82, 2.24) is 14.9 Å². The van der Waals surface area contributed by atoms with Gasteiger partial charge >= 0.3 is 0 Å². The lowest BCUT2D eigenvalue weighted by Gasteiger charge is -2.34. The molecule has 2 aromatic rings. The van der Waals surface area contributed by atoms with Crippen LogP contribution in [0.4, 0.5) is 11.8 Å². The zero-order valence-electron chi connectivity index (χ0n) is 13.8. The fraction of sp³-hybridized carbons (Fsp3) is 0.312. The van der Waals surface area contributed by atoms with E-state index in [4.69, 9.17) is 5.73 Å². The van der Waals surface area contributed by atoms with Crippen molar-refractivity contribution in [3.05, 3.63) is 36.5 Å². The molecule has 1 aliphatic rings. The number of sulfone groups is 1. The standard InChI is InChI=1S/C16H19N5O3S/c1-12(22)20-7-9-21(10-8-20)16-18-11-14(15(17)19-16)25(23,24)13-5-3-2-4-6-13/h2-6,11H,7-10H2,1H3,(H2,17,18,19). The first-order valence-electron chi connectivity index (χ1n) is 7.82. The molecule has 0 unspecified atom stereocenters. The summed E-state index contributed by atoms with van der Waals surface area (Å²) in [7, 11) is -3.76. The molecule has 1 amide bonds. The van der Waals surface area contributed by atoms with Crippen LogP contribution < -0.4 is 10.6 Å². The lowest BCUT2D eigenvalue weighted by molar-refractivity contribution is -0.129. The number of hydrogen-bond acceptors (Lipinski definition) is 7. The van der Waals surface area contributed by atoms with E-state index < -0.39 is 9.84 Å². The van der Waals surface area contributed by atoms with Gasteiger partial charge in [-0.05, 0) is 12.1 Å². The SMILES string of the molecule is CC(=O)N1CCN(c2ncc(S(=O)(=O)c3ccccc3)c(N)n2)CC1. The van der Waals surface area contributed by atoms with Gasteiger partial charge in [0.2, 0.25) is 21.7 Å². The van der Waals surface area contributed by atoms with E-state index in [2.05, 4.69) is 9.97 Å². The molecule has 1 fully saturated rings. The molecule has 2 N–H and O–H groups in total. The number of benzene rings is 1. The van der Waals surface area contributed by atoms with Crippen LogP contribution in [0.15, 0.2) is 46.3 Å². The van der Waals surface area contributed by atoms with Gasteiger partial charge in [-0.25, -0.2) is 13.4 Å². The number of nitrogens with two attached hydrogens (primary N) is 1. The number of aromatic nitrogens is 2. The number of piperazine rings is 1. The molecule has 0 bridgehead atoms. The predicted octanol–water partition coefficient (Wildman–Crippen LogP) is 0.560. The number of carbonyl (C=O) groups is 1. The molecular formula is C16H19N5O3S. The van der Waals surface area contributed by atoms with Gasteiger partial charge in [-0.15, -0.1) is 0 Å². The predicted molar refractivity (Wildman–Crippen MR) is 92.8 cm³/mol. The summed E-state index contributed by atoms with van der Waals surface area (Å²) < 4.78 is 25.3. The third-order valence-electron chi connectivity index (χ3n) is 4.12. The van der Waals surface area contributed by atoms with Crippen LogP contribution >= 0.6 is 0 Å². The van der Waals surface area contributed by atoms with Crippen molar-refractivity contribution in [3.8, 4) is 0 Å². The number of amides is 1. The highest BCUT2D eigenvalue weighted by Crippen LogP contribution is 2.25. The van der Waals surface area contributed by atoms with Gasteiger partial charge in [0.05, 0.1) is 11.1 Å². The molecular weight excluding hydrogens is 342 g/mol. The second kappa shape index (κ2) is 6.67. The van der Waals surface area contributed by atoms with Crippen LogP contribution in [0.3, 0.4) is 0 Å². The minimum absolute atomic E-state index is 0.0318. The number of hydrogen-bond donors (Lipinski definition) is 1. The average Bonchev–Trinajstić information content (AvgIpc) is 2.62. The summed E-state index contributed by atoms with van der Waals surface area (Å²) in [5, 5.41) is 0. The van der Waals surface area contributed by atoms with E-state index in [1.807, 2.05) is 4.90 Å². The third kappa shape index (κ3) is 3.41. The summed E-state index contributed by atoms with van der Waals surface area (Å²) in [6.07, 6.45) is 1.25. The van der Waals surface area contributed by atoms with Gasteiger partial charge in [-0.2, -0.15) is 4.98 Å². The van der Waals surface area contributed by atoms with Crippen molar-refractivity contribution in [3.63, 3.8) is 0 Å². The fourth-order valence-electron chi connectivity index (χ4n) is 2.68. The zero-order chi connectivity index (χ0) is 18.0. The van der Waals surface area contributed by atoms with E-state index >= 15 is 0 Å². The summed E-state index contributed by atoms with van der Waals surface area (Å²) in [6, 6.07) is 8.04. The number of carbonyl (C=O) groups excluding carboxylic acids is 1. The lowest BCUT2D eigenvalue weighted by Crippen LogP contribution is -2.48. The molecule has 1 aliphatic heterocycles. The Hall–Kier alpha value is -2.68. The Morgan fingerprint density at radius 3 is 2.32 bits per heavy atom. The van der Waals surface area contributed by atoms with Gasteiger partial charge < -0.3 is 15.5 Å². The van der Waals surface area contributed by atoms with Crippen molar-refractivity contribution in [2.24, 2.45) is 0 Å². The number of nitrogen functional groups attached to an aromatic ring is 1. The van der Waals surface area contributed by atoms with E-state index in [1.165, 1.54) is 25.3 Å². The van der Waals surface area contributed by atoms with Gasteiger partial charge in [-0.1, -0.05) is 18.2 Å². The second-order valence-corrected chi connectivity index (χ2v) is 7.65. The van der Waals surface area contributed by atoms with E-state index in [9.17, 15) is 13.2 Å². The molecule has 0 saturated carbocycles. The molecule has 0 aliphatic carbocycles. The maximum Gasteiger partial charge on any atom is 0.227 e. The molecule has 0 radical (unpaired) electrons. The summed E-state index contributed by atoms with van der Waals surface area (Å²) in [6.45, 7) is 3.83. The van der Waals surface area contributed by atoms with Crippen LogP contribution in [-0.4, -0.2) is 55.4 Å². The van der Waals surface area contributed by atoms with Crippen molar-refractivity contribution < 1.29 is 13.2 Å². The Balaban J connectivity index is 1.84. The van der Waals surface area contributed by atoms with Crippen molar-refractivity contribution in [2.45, 2.75) is 16.7 Å². The smallest absolute Gasteiger partial charge is 0.227 e. The maximum atomic E-state index is 12.6. The molecule has 0 atom stereocenters. The van der Waals surface area contributed by atoms with Crippen LogP contribution in [0.25, 0.3) is 0 Å². The molecule has 1 aromatic heterocycles. The van der Waals surface area contributed by atoms with Crippen LogP contribution in [0.5, 0.6) is 0 Å². The first-order chi connectivity index (χ1) is 11.9. The Labute approximate surface area is 146 Å². The molecule has 1 saturated heterocycles. The Morgan fingerprint density at radius 2 is 1.76 bits per heavy atom. The van der Waals surface area contributed by atoms with Gasteiger partial charge in [0.15, 0.2) is 0 Å². The van der Waals surface area contributed by atoms with Gasteiger partial charge in [0, 0.05) is 33.1 Å². The van der Waals surface area contributed by atoms with Crippen LogP contribution in [0, 0.1) is 0 Å². The molecule has 3 rings (SSSR count). The number of nitrogens with zero attached hydrogens (tertiary/aromatic N) is 4. The summed E-state index contributed by atoms with van der Waals surface area (Å²) in [4.78, 5) is 23.4. The molecule has 132 valence electrons. The highest BCUT2D eigenvalue weighted by atomic mass is 32.2. The van der Waals surface area contributed by atoms with Crippen molar-refractivity contribution in [1.29, 1.82) is 0 Å². The van der Waals surface area contributed by atoms with Crippen molar-refractivity contribution in [2.75, 3.05) is 36.8 Å². The quantitative estimate of drug-likeness (QED) is 0.850. The molecule has 2 heterocycles. The molecule has 1 aromatic carbocycles. The van der Waals surface area contributed by atoms with Gasteiger partial charge in [0.25, 0.3) is 0 Å². The summed E-state index contributed by atoms with van der Waals surface area (Å²) in [5.74, 6) is 0.319. The number of anilines is 2. The second-order valence-electron chi connectivity index (χ2n) is 5.73. The van der Waals surface area contributed by atoms with Crippen LogP contribution in [0.2, 0.25) is 0 Å². The van der Waals surface area contributed by atoms with E-state index in [0.717, 1.165) is 0 Å². The van der Waals surface area contributed by atoms with E-state index in [-0.39, 0.29) is 21.5 Å². The van der Waals surface area contributed by atoms with E-state index in [0.29, 0.717) is 32.1 Å². The van der Waals surface area contributed by atoms with Crippen molar-refractivity contribution >= 4 is 27.5 Å². The Bertz CT molecular complexity index is 878. The average molecular weight is 361 g/mol. The van der Waals surface area contributed by atoms with E-state index in [1.54, 1.807) is 23.1 Å². The Morgan fingerprint density at radius 1 is 1.12 bits per heavy atom. The van der Waals surface area contributed by atoms with Gasteiger partial charge in [0.1, 0.15) is 10.7 Å². The summed E-state index contributed by atoms with van der Waals surface area (Å²) in [5.41, 5.74) is 5.91. The van der Waals surface area contributed by atoms with Crippen LogP contribution in [-0.2, 0) is 14.6 Å². The lowest BCUT2D eigenvalue weighted by atomic mass is 10.3. The summed E-state index contributed by atoms with van der Waals surface area (Å²) >= 11 is 0. The zero-order valence-corrected chi connectivity index (χ0v) is 14.6. The Kier molecular flexibility index (Phi) is 4.58. The normalized spacial score (nSPS) is 15.2. The minimum atomic E-state index is -3.76.